The van der Waals surface area contributed by atoms with Crippen LogP contribution >= 0.6 is 23.2 Å². The minimum Gasteiger partial charge on any atom is -0.322 e. The van der Waals surface area contributed by atoms with Gasteiger partial charge in [-0.25, -0.2) is 4.68 Å². The van der Waals surface area contributed by atoms with Crippen molar-refractivity contribution in [1.82, 2.24) is 15.0 Å². The van der Waals surface area contributed by atoms with E-state index < -0.39 is 0 Å². The molecule has 1 aliphatic rings. The Morgan fingerprint density at radius 1 is 1.22 bits per heavy atom. The molecule has 0 spiro atoms. The van der Waals surface area contributed by atoms with Crippen LogP contribution < -0.4 is 10.6 Å². The summed E-state index contributed by atoms with van der Waals surface area (Å²) in [4.78, 5) is 23.7. The fourth-order valence-electron chi connectivity index (χ4n) is 1.95. The first kappa shape index (κ1) is 15.8. The number of amides is 2. The topological polar surface area (TPSA) is 88.9 Å². The Morgan fingerprint density at radius 2 is 1.91 bits per heavy atom. The maximum atomic E-state index is 12.0. The molecule has 3 rings (SSSR count). The summed E-state index contributed by atoms with van der Waals surface area (Å²) < 4.78 is 1.32. The van der Waals surface area contributed by atoms with Gasteiger partial charge >= 0.3 is 0 Å². The second-order valence-corrected chi connectivity index (χ2v) is 6.02. The highest BCUT2D eigenvalue weighted by molar-refractivity contribution is 6.39. The van der Waals surface area contributed by atoms with Gasteiger partial charge in [0.1, 0.15) is 6.54 Å². The molecule has 1 aromatic carbocycles. The Morgan fingerprint density at radius 3 is 2.57 bits per heavy atom. The highest BCUT2D eigenvalue weighted by Crippen LogP contribution is 2.30. The smallest absolute Gasteiger partial charge is 0.246 e. The number of halogens is 2. The number of carbonyl (C=O) groups is 2. The standard InChI is InChI=1S/C14H13Cl2N5O2/c15-9-2-1-3-10(16)13(9)18-12(22)7-21-6-11(19-20-21)17-14(23)8-4-5-8/h1-3,6,8H,4-5,7H2,(H,17,23)(H,18,22). The second kappa shape index (κ2) is 6.55. The van der Waals surface area contributed by atoms with Crippen LogP contribution in [0.3, 0.4) is 0 Å². The predicted molar refractivity (Wildman–Crippen MR) is 86.5 cm³/mol. The highest BCUT2D eigenvalue weighted by Gasteiger charge is 2.30. The minimum absolute atomic E-state index is 0.0654. The van der Waals surface area contributed by atoms with Gasteiger partial charge in [0.25, 0.3) is 0 Å². The number of nitrogens with zero attached hydrogens (tertiary/aromatic N) is 3. The summed E-state index contributed by atoms with van der Waals surface area (Å²) in [5.74, 6) is -0.0226. The molecule has 1 heterocycles. The van der Waals surface area contributed by atoms with E-state index in [9.17, 15) is 9.59 Å². The quantitative estimate of drug-likeness (QED) is 0.864. The number of nitrogens with one attached hydrogen (secondary N) is 2. The second-order valence-electron chi connectivity index (χ2n) is 5.21. The minimum atomic E-state index is -0.357. The van der Waals surface area contributed by atoms with Crippen molar-refractivity contribution in [1.29, 1.82) is 0 Å². The largest absolute Gasteiger partial charge is 0.322 e. The molecule has 0 bridgehead atoms. The van der Waals surface area contributed by atoms with Crippen LogP contribution in [0.4, 0.5) is 11.5 Å². The first-order valence-corrected chi connectivity index (χ1v) is 7.73. The van der Waals surface area contributed by atoms with Crippen molar-refractivity contribution in [2.75, 3.05) is 10.6 Å². The third kappa shape index (κ3) is 4.00. The fourth-order valence-corrected chi connectivity index (χ4v) is 2.44. The van der Waals surface area contributed by atoms with Gasteiger partial charge in [-0.1, -0.05) is 34.5 Å². The van der Waals surface area contributed by atoms with E-state index in [0.717, 1.165) is 12.8 Å². The lowest BCUT2D eigenvalue weighted by atomic mass is 10.3. The summed E-state index contributed by atoms with van der Waals surface area (Å²) >= 11 is 12.0. The lowest BCUT2D eigenvalue weighted by Gasteiger charge is -2.08. The van der Waals surface area contributed by atoms with E-state index in [-0.39, 0.29) is 24.3 Å². The van der Waals surface area contributed by atoms with Gasteiger partial charge in [-0.2, -0.15) is 0 Å². The lowest BCUT2D eigenvalue weighted by Crippen LogP contribution is -2.19. The molecule has 2 N–H and O–H groups in total. The van der Waals surface area contributed by atoms with Crippen LogP contribution in [0.1, 0.15) is 12.8 Å². The van der Waals surface area contributed by atoms with Gasteiger partial charge in [0, 0.05) is 5.92 Å². The van der Waals surface area contributed by atoms with Gasteiger partial charge in [-0.05, 0) is 25.0 Å². The number of para-hydroxylation sites is 1. The van der Waals surface area contributed by atoms with Crippen LogP contribution in [0.2, 0.25) is 10.0 Å². The van der Waals surface area contributed by atoms with Crippen LogP contribution in [0.15, 0.2) is 24.4 Å². The zero-order valence-electron chi connectivity index (χ0n) is 11.9. The van der Waals surface area contributed by atoms with Gasteiger partial charge in [-0.15, -0.1) is 5.10 Å². The van der Waals surface area contributed by atoms with Crippen molar-refractivity contribution in [3.05, 3.63) is 34.4 Å². The van der Waals surface area contributed by atoms with Crippen LogP contribution in [0, 0.1) is 5.92 Å². The van der Waals surface area contributed by atoms with Crippen molar-refractivity contribution < 1.29 is 9.59 Å². The molecule has 0 saturated heterocycles. The Hall–Kier alpha value is -2.12. The van der Waals surface area contributed by atoms with Gasteiger partial charge in [0.2, 0.25) is 11.8 Å². The zero-order valence-corrected chi connectivity index (χ0v) is 13.4. The summed E-state index contributed by atoms with van der Waals surface area (Å²) in [5, 5.41) is 13.6. The molecule has 2 amide bonds. The van der Waals surface area contributed by atoms with Crippen LogP contribution in [0.25, 0.3) is 0 Å². The molecular weight excluding hydrogens is 341 g/mol. The number of carbonyl (C=O) groups excluding carboxylic acids is 2. The zero-order chi connectivity index (χ0) is 16.4. The molecule has 0 aliphatic heterocycles. The van der Waals surface area contributed by atoms with E-state index in [1.807, 2.05) is 0 Å². The number of aromatic nitrogens is 3. The molecule has 9 heteroatoms. The Kier molecular flexibility index (Phi) is 4.49. The first-order valence-electron chi connectivity index (χ1n) is 6.98. The van der Waals surface area contributed by atoms with Gasteiger partial charge in [-0.3, -0.25) is 9.59 Å². The van der Waals surface area contributed by atoms with Crippen LogP contribution in [-0.2, 0) is 16.1 Å². The molecule has 0 atom stereocenters. The molecule has 1 fully saturated rings. The van der Waals surface area contributed by atoms with Gasteiger partial charge in [0.05, 0.1) is 21.9 Å². The number of benzene rings is 1. The van der Waals surface area contributed by atoms with Crippen molar-refractivity contribution in [3.8, 4) is 0 Å². The first-order chi connectivity index (χ1) is 11.0. The predicted octanol–water partition coefficient (Wildman–Crippen LogP) is 2.57. The summed E-state index contributed by atoms with van der Waals surface area (Å²) in [6.45, 7) is -0.0755. The van der Waals surface area contributed by atoms with E-state index in [0.29, 0.717) is 21.6 Å². The SMILES string of the molecule is O=C(Cn1cc(NC(=O)C2CC2)nn1)Nc1c(Cl)cccc1Cl. The Balaban J connectivity index is 1.59. The van der Waals surface area contributed by atoms with E-state index in [1.54, 1.807) is 18.2 Å². The summed E-state index contributed by atoms with van der Waals surface area (Å²) in [6.07, 6.45) is 3.30. The number of anilines is 2. The average molecular weight is 354 g/mol. The van der Waals surface area contributed by atoms with Crippen molar-refractivity contribution in [2.24, 2.45) is 5.92 Å². The van der Waals surface area contributed by atoms with E-state index in [1.165, 1.54) is 10.9 Å². The van der Waals surface area contributed by atoms with Gasteiger partial charge < -0.3 is 10.6 Å². The van der Waals surface area contributed by atoms with Crippen molar-refractivity contribution in [3.63, 3.8) is 0 Å². The maximum absolute atomic E-state index is 12.0. The number of hydrogen-bond acceptors (Lipinski definition) is 4. The molecule has 7 nitrogen and oxygen atoms in total. The molecule has 2 aromatic rings. The molecular formula is C14H13Cl2N5O2. The maximum Gasteiger partial charge on any atom is 0.246 e. The van der Waals surface area contributed by atoms with Crippen molar-refractivity contribution >= 4 is 46.5 Å². The lowest BCUT2D eigenvalue weighted by molar-refractivity contribution is -0.117. The van der Waals surface area contributed by atoms with Gasteiger partial charge in [0.15, 0.2) is 5.82 Å². The molecule has 1 saturated carbocycles. The van der Waals surface area contributed by atoms with Crippen LogP contribution in [0.5, 0.6) is 0 Å². The van der Waals surface area contributed by atoms with E-state index >= 15 is 0 Å². The third-order valence-corrected chi connectivity index (χ3v) is 3.90. The summed E-state index contributed by atoms with van der Waals surface area (Å²) in [6, 6.07) is 4.95. The number of hydrogen-bond donors (Lipinski definition) is 2. The van der Waals surface area contributed by atoms with E-state index in [4.69, 9.17) is 23.2 Å². The molecule has 120 valence electrons. The highest BCUT2D eigenvalue weighted by atomic mass is 35.5. The normalized spacial score (nSPS) is 13.7. The molecule has 1 aliphatic carbocycles. The summed E-state index contributed by atoms with van der Waals surface area (Å²) in [7, 11) is 0. The molecule has 1 aromatic heterocycles. The monoisotopic (exact) mass is 353 g/mol. The molecule has 0 radical (unpaired) electrons. The Labute approximate surface area is 141 Å². The van der Waals surface area contributed by atoms with E-state index in [2.05, 4.69) is 20.9 Å². The third-order valence-electron chi connectivity index (χ3n) is 3.27. The number of rotatable bonds is 5. The average Bonchev–Trinajstić information content (AvgIpc) is 3.26. The van der Waals surface area contributed by atoms with Crippen molar-refractivity contribution in [2.45, 2.75) is 19.4 Å². The molecule has 0 unspecified atom stereocenters. The fraction of sp³-hybridized carbons (Fsp3) is 0.286. The summed E-state index contributed by atoms with van der Waals surface area (Å²) in [5.41, 5.74) is 0.350. The Bertz CT molecular complexity index is 737. The molecule has 23 heavy (non-hydrogen) atoms. The van der Waals surface area contributed by atoms with Crippen LogP contribution in [-0.4, -0.2) is 26.8 Å².